The Kier molecular flexibility index (Phi) is 11.5. The maximum absolute atomic E-state index is 12.6. The number of nitrogens with two attached hydrogens (primary N) is 2. The third-order valence-corrected chi connectivity index (χ3v) is 6.97. The van der Waals surface area contributed by atoms with Gasteiger partial charge in [-0.05, 0) is 87.0 Å². The number of nitrogens with one attached hydrogen (secondary N) is 1. The van der Waals surface area contributed by atoms with Gasteiger partial charge in [-0.3, -0.25) is 19.7 Å². The smallest absolute Gasteiger partial charge is 0.326 e. The molecule has 1 atom stereocenters. The molecule has 0 bridgehead atoms. The zero-order chi connectivity index (χ0) is 30.6. The normalized spacial score (nSPS) is 16.7. The van der Waals surface area contributed by atoms with Crippen molar-refractivity contribution < 1.29 is 29.2 Å². The van der Waals surface area contributed by atoms with Crippen LogP contribution in [0.4, 0.5) is 11.4 Å². The van der Waals surface area contributed by atoms with Crippen molar-refractivity contribution in [1.82, 2.24) is 10.3 Å². The molecule has 0 radical (unpaired) electrons. The molecule has 2 aromatic carbocycles. The minimum Gasteiger partial charge on any atom is -0.480 e. The van der Waals surface area contributed by atoms with Gasteiger partial charge in [0.1, 0.15) is 18.0 Å². The fourth-order valence-corrected chi connectivity index (χ4v) is 4.50. The molecule has 222 valence electrons. The molecule has 3 aromatic rings. The molecule has 1 unspecified atom stereocenters. The van der Waals surface area contributed by atoms with Crippen molar-refractivity contribution in [3.63, 3.8) is 0 Å². The zero-order valence-electron chi connectivity index (χ0n) is 23.3. The summed E-state index contributed by atoms with van der Waals surface area (Å²) in [6.45, 7) is 2.14. The lowest BCUT2D eigenvalue weighted by molar-refractivity contribution is -0.385. The van der Waals surface area contributed by atoms with E-state index in [1.807, 2.05) is 0 Å². The first-order chi connectivity index (χ1) is 20.0. The van der Waals surface area contributed by atoms with Crippen LogP contribution >= 0.6 is 0 Å². The van der Waals surface area contributed by atoms with Gasteiger partial charge < -0.3 is 26.6 Å². The lowest BCUT2D eigenvalue weighted by atomic mass is 9.81. The number of carbonyl (C=O) groups excluding carboxylic acids is 2. The van der Waals surface area contributed by atoms with Crippen LogP contribution in [0.1, 0.15) is 48.5 Å². The van der Waals surface area contributed by atoms with Gasteiger partial charge in [0.2, 0.25) is 11.8 Å². The molecule has 1 aromatic heterocycles. The first-order valence-corrected chi connectivity index (χ1v) is 13.5. The highest BCUT2D eigenvalue weighted by Gasteiger charge is 2.29. The molecule has 12 heteroatoms. The molecular weight excluding hydrogens is 542 g/mol. The second kappa shape index (κ2) is 15.2. The Hall–Kier alpha value is -4.84. The van der Waals surface area contributed by atoms with E-state index in [1.54, 1.807) is 48.5 Å². The number of carboxylic acids is 1. The standard InChI is InChI=1S/C22H26N4O6.C8H9NO/c23-12-14-4-6-16(7-5-14)21(27)25-19(22(28)29)11-15-2-1-3-18(10-15)32-20-9-8-17(13-24-20)26(30)31;1-6(10)7-2-4-8(9)5-3-7/h1-3,8-10,13-14,16,19H,4-7,11-12,23H2,(H,25,27)(H,28,29);2-5H,9H2,1H3. The Bertz CT molecular complexity index is 1370. The van der Waals surface area contributed by atoms with Crippen LogP contribution in [0.3, 0.4) is 0 Å². The number of hydrogen-bond acceptors (Lipinski definition) is 9. The predicted octanol–water partition coefficient (Wildman–Crippen LogP) is 4.13. The van der Waals surface area contributed by atoms with Crippen LogP contribution < -0.4 is 21.5 Å². The molecule has 1 saturated carbocycles. The number of aromatic nitrogens is 1. The van der Waals surface area contributed by atoms with E-state index in [0.717, 1.165) is 19.0 Å². The Morgan fingerprint density at radius 3 is 2.33 bits per heavy atom. The molecule has 4 rings (SSSR count). The molecule has 1 aliphatic rings. The van der Waals surface area contributed by atoms with Gasteiger partial charge >= 0.3 is 5.97 Å². The Morgan fingerprint density at radius 2 is 1.79 bits per heavy atom. The fraction of sp³-hybridized carbons (Fsp3) is 0.333. The summed E-state index contributed by atoms with van der Waals surface area (Å²) in [5.74, 6) is -0.471. The van der Waals surface area contributed by atoms with Crippen LogP contribution in [-0.4, -0.2) is 45.3 Å². The van der Waals surface area contributed by atoms with Crippen LogP contribution in [0.2, 0.25) is 0 Å². The van der Waals surface area contributed by atoms with E-state index in [1.165, 1.54) is 19.1 Å². The first kappa shape index (κ1) is 31.7. The quantitative estimate of drug-likeness (QED) is 0.117. The van der Waals surface area contributed by atoms with Crippen molar-refractivity contribution >= 4 is 29.0 Å². The minimum absolute atomic E-state index is 0.0694. The molecule has 1 aliphatic carbocycles. The number of carbonyl (C=O) groups is 3. The Morgan fingerprint density at radius 1 is 1.10 bits per heavy atom. The van der Waals surface area contributed by atoms with Crippen molar-refractivity contribution in [3.05, 3.63) is 88.1 Å². The highest BCUT2D eigenvalue weighted by Crippen LogP contribution is 2.28. The van der Waals surface area contributed by atoms with E-state index in [0.29, 0.717) is 47.9 Å². The number of anilines is 1. The van der Waals surface area contributed by atoms with E-state index in [-0.39, 0.29) is 35.6 Å². The van der Waals surface area contributed by atoms with Gasteiger partial charge in [-0.25, -0.2) is 9.78 Å². The molecule has 1 amide bonds. The van der Waals surface area contributed by atoms with E-state index < -0.39 is 16.9 Å². The van der Waals surface area contributed by atoms with Gasteiger partial charge in [-0.15, -0.1) is 0 Å². The molecule has 0 spiro atoms. The van der Waals surface area contributed by atoms with Crippen LogP contribution in [0.15, 0.2) is 66.9 Å². The molecule has 0 aliphatic heterocycles. The number of rotatable bonds is 10. The number of ether oxygens (including phenoxy) is 1. The highest BCUT2D eigenvalue weighted by molar-refractivity contribution is 5.94. The second-order valence-electron chi connectivity index (χ2n) is 10.1. The van der Waals surface area contributed by atoms with Gasteiger partial charge in [0, 0.05) is 35.7 Å². The van der Waals surface area contributed by atoms with Crippen molar-refractivity contribution in [3.8, 4) is 11.6 Å². The average Bonchev–Trinajstić information content (AvgIpc) is 2.98. The summed E-state index contributed by atoms with van der Waals surface area (Å²) < 4.78 is 5.61. The molecular formula is C30H35N5O7. The van der Waals surface area contributed by atoms with Gasteiger partial charge in [-0.2, -0.15) is 0 Å². The maximum atomic E-state index is 12.6. The zero-order valence-corrected chi connectivity index (χ0v) is 23.3. The topological polar surface area (TPSA) is 201 Å². The minimum atomic E-state index is -1.11. The van der Waals surface area contributed by atoms with Crippen molar-refractivity contribution in [1.29, 1.82) is 0 Å². The number of nitrogen functional groups attached to an aromatic ring is 1. The molecule has 42 heavy (non-hydrogen) atoms. The number of pyridine rings is 1. The van der Waals surface area contributed by atoms with Crippen LogP contribution in [0.25, 0.3) is 0 Å². The number of benzene rings is 2. The van der Waals surface area contributed by atoms with Crippen molar-refractivity contribution in [2.24, 2.45) is 17.6 Å². The average molecular weight is 578 g/mol. The van der Waals surface area contributed by atoms with Crippen LogP contribution in [0.5, 0.6) is 11.6 Å². The van der Waals surface area contributed by atoms with Gasteiger partial charge in [0.25, 0.3) is 5.69 Å². The third-order valence-electron chi connectivity index (χ3n) is 6.97. The first-order valence-electron chi connectivity index (χ1n) is 13.5. The summed E-state index contributed by atoms with van der Waals surface area (Å²) in [5, 5.41) is 23.0. The molecule has 6 N–H and O–H groups in total. The third kappa shape index (κ3) is 9.66. The van der Waals surface area contributed by atoms with Gasteiger partial charge in [0.05, 0.1) is 4.92 Å². The van der Waals surface area contributed by atoms with Crippen LogP contribution in [-0.2, 0) is 16.0 Å². The van der Waals surface area contributed by atoms with Crippen molar-refractivity contribution in [2.75, 3.05) is 12.3 Å². The van der Waals surface area contributed by atoms with Gasteiger partial charge in [-0.1, -0.05) is 12.1 Å². The van der Waals surface area contributed by atoms with Crippen LogP contribution in [0, 0.1) is 22.0 Å². The number of ketones is 1. The number of aliphatic carboxylic acids is 1. The van der Waals surface area contributed by atoms with E-state index in [2.05, 4.69) is 10.3 Å². The fourth-order valence-electron chi connectivity index (χ4n) is 4.50. The monoisotopic (exact) mass is 577 g/mol. The number of amides is 1. The summed E-state index contributed by atoms with van der Waals surface area (Å²) >= 11 is 0. The number of Topliss-reactive ketones (excluding diaryl/α,β-unsaturated/α-hetero) is 1. The van der Waals surface area contributed by atoms with E-state index in [4.69, 9.17) is 16.2 Å². The molecule has 12 nitrogen and oxygen atoms in total. The number of nitrogens with zero attached hydrogens (tertiary/aromatic N) is 2. The summed E-state index contributed by atoms with van der Waals surface area (Å²) in [4.78, 5) is 49.1. The second-order valence-corrected chi connectivity index (χ2v) is 10.1. The van der Waals surface area contributed by atoms with Crippen molar-refractivity contribution in [2.45, 2.75) is 45.1 Å². The van der Waals surface area contributed by atoms with E-state index in [9.17, 15) is 29.6 Å². The summed E-state index contributed by atoms with van der Waals surface area (Å²) in [7, 11) is 0. The van der Waals surface area contributed by atoms with E-state index >= 15 is 0 Å². The summed E-state index contributed by atoms with van der Waals surface area (Å²) in [5.41, 5.74) is 13.0. The highest BCUT2D eigenvalue weighted by atomic mass is 16.6. The molecule has 1 fully saturated rings. The number of hydrogen-bond donors (Lipinski definition) is 4. The summed E-state index contributed by atoms with van der Waals surface area (Å²) in [6, 6.07) is 15.2. The van der Waals surface area contributed by atoms with Gasteiger partial charge in [0.15, 0.2) is 5.78 Å². The summed E-state index contributed by atoms with van der Waals surface area (Å²) in [6.07, 6.45) is 4.36. The predicted molar refractivity (Wildman–Crippen MR) is 156 cm³/mol. The SMILES string of the molecule is CC(=O)c1ccc(N)cc1.NCC1CCC(C(=O)NC(Cc2cccc(Oc3ccc([N+](=O)[O-])cn3)c2)C(=O)O)CC1. The number of carboxylic acid groups (broad SMARTS) is 1. The molecule has 0 saturated heterocycles. The maximum Gasteiger partial charge on any atom is 0.326 e. The lowest BCUT2D eigenvalue weighted by Crippen LogP contribution is -2.45. The lowest BCUT2D eigenvalue weighted by Gasteiger charge is -2.27. The largest absolute Gasteiger partial charge is 0.480 e. The molecule has 1 heterocycles. The Labute approximate surface area is 243 Å². The number of nitro groups is 1. The Balaban J connectivity index is 0.000000408.